The number of rotatable bonds is 3. The lowest BCUT2D eigenvalue weighted by Crippen LogP contribution is -2.27. The first kappa shape index (κ1) is 13.8. The second kappa shape index (κ2) is 5.57. The Hall–Kier alpha value is -1.62. The zero-order chi connectivity index (χ0) is 14.0. The number of hydrogen-bond donors (Lipinski definition) is 1. The predicted octanol–water partition coefficient (Wildman–Crippen LogP) is 3.54. The quantitative estimate of drug-likeness (QED) is 0.940. The Bertz CT molecular complexity index is 607. The number of carbonyl (C=O) groups excluding carboxylic acids is 1. The lowest BCUT2D eigenvalue weighted by molar-refractivity contribution is 0.0934. The minimum atomic E-state index is -0.210. The van der Waals surface area contributed by atoms with E-state index in [2.05, 4.69) is 26.2 Å². The van der Waals surface area contributed by atoms with Crippen LogP contribution >= 0.6 is 15.9 Å². The minimum absolute atomic E-state index is 0.126. The highest BCUT2D eigenvalue weighted by Gasteiger charge is 2.18. The van der Waals surface area contributed by atoms with Crippen molar-refractivity contribution < 1.29 is 9.21 Å². The first-order valence-electron chi connectivity index (χ1n) is 5.97. The molecule has 100 valence electrons. The maximum atomic E-state index is 12.1. The van der Waals surface area contributed by atoms with Crippen molar-refractivity contribution in [2.45, 2.75) is 26.8 Å². The van der Waals surface area contributed by atoms with E-state index in [4.69, 9.17) is 4.42 Å². The van der Waals surface area contributed by atoms with Gasteiger partial charge in [0.15, 0.2) is 0 Å². The number of aryl methyl sites for hydroxylation is 2. The standard InChI is InChI=1S/C14H15BrN2O2/c1-8-7-11(10(3)19-8)9(2)17-14(18)13-12(15)5-4-6-16-13/h4-7,9H,1-3H3,(H,17,18). The number of aromatic nitrogens is 1. The smallest absolute Gasteiger partial charge is 0.271 e. The van der Waals surface area contributed by atoms with Crippen LogP contribution in [0.3, 0.4) is 0 Å². The number of furan rings is 1. The van der Waals surface area contributed by atoms with Gasteiger partial charge in [0, 0.05) is 16.2 Å². The van der Waals surface area contributed by atoms with Gasteiger partial charge in [0.2, 0.25) is 0 Å². The number of hydrogen-bond acceptors (Lipinski definition) is 3. The fraction of sp³-hybridized carbons (Fsp3) is 0.286. The molecule has 1 amide bonds. The molecule has 0 saturated heterocycles. The van der Waals surface area contributed by atoms with Crippen LogP contribution in [0.4, 0.5) is 0 Å². The van der Waals surface area contributed by atoms with Crippen LogP contribution in [0.5, 0.6) is 0 Å². The van der Waals surface area contributed by atoms with E-state index in [1.54, 1.807) is 18.3 Å². The first-order chi connectivity index (χ1) is 8.99. The Kier molecular flexibility index (Phi) is 4.04. The van der Waals surface area contributed by atoms with Crippen molar-refractivity contribution in [3.8, 4) is 0 Å². The van der Waals surface area contributed by atoms with Crippen molar-refractivity contribution in [3.05, 3.63) is 51.6 Å². The van der Waals surface area contributed by atoms with Crippen molar-refractivity contribution in [1.82, 2.24) is 10.3 Å². The molecular weight excluding hydrogens is 308 g/mol. The average molecular weight is 323 g/mol. The number of amides is 1. The number of nitrogens with one attached hydrogen (secondary N) is 1. The van der Waals surface area contributed by atoms with Gasteiger partial charge in [-0.15, -0.1) is 0 Å². The fourth-order valence-electron chi connectivity index (χ4n) is 1.98. The van der Waals surface area contributed by atoms with Gasteiger partial charge in [-0.1, -0.05) is 0 Å². The summed E-state index contributed by atoms with van der Waals surface area (Å²) in [5.74, 6) is 1.45. The highest BCUT2D eigenvalue weighted by molar-refractivity contribution is 9.10. The van der Waals surface area contributed by atoms with Crippen molar-refractivity contribution in [2.75, 3.05) is 0 Å². The number of nitrogens with zero attached hydrogens (tertiary/aromatic N) is 1. The molecule has 0 aliphatic rings. The molecule has 0 radical (unpaired) electrons. The zero-order valence-corrected chi connectivity index (χ0v) is 12.6. The predicted molar refractivity (Wildman–Crippen MR) is 76.0 cm³/mol. The summed E-state index contributed by atoms with van der Waals surface area (Å²) in [6, 6.07) is 5.38. The first-order valence-corrected chi connectivity index (χ1v) is 6.76. The van der Waals surface area contributed by atoms with E-state index in [1.807, 2.05) is 26.8 Å². The third-order valence-electron chi connectivity index (χ3n) is 2.87. The third-order valence-corrected chi connectivity index (χ3v) is 3.51. The molecule has 0 spiro atoms. The molecule has 1 unspecified atom stereocenters. The molecule has 0 aromatic carbocycles. The van der Waals surface area contributed by atoms with Crippen LogP contribution < -0.4 is 5.32 Å². The van der Waals surface area contributed by atoms with Crippen LogP contribution in [0, 0.1) is 13.8 Å². The maximum Gasteiger partial charge on any atom is 0.271 e. The Morgan fingerprint density at radius 2 is 2.21 bits per heavy atom. The van der Waals surface area contributed by atoms with Crippen molar-refractivity contribution in [2.24, 2.45) is 0 Å². The molecule has 19 heavy (non-hydrogen) atoms. The lowest BCUT2D eigenvalue weighted by Gasteiger charge is -2.13. The summed E-state index contributed by atoms with van der Waals surface area (Å²) in [7, 11) is 0. The van der Waals surface area contributed by atoms with Crippen molar-refractivity contribution >= 4 is 21.8 Å². The van der Waals surface area contributed by atoms with E-state index in [-0.39, 0.29) is 11.9 Å². The molecule has 0 fully saturated rings. The van der Waals surface area contributed by atoms with Crippen molar-refractivity contribution in [1.29, 1.82) is 0 Å². The van der Waals surface area contributed by atoms with Crippen LogP contribution in [0.15, 0.2) is 33.3 Å². The highest BCUT2D eigenvalue weighted by atomic mass is 79.9. The summed E-state index contributed by atoms with van der Waals surface area (Å²) < 4.78 is 6.15. The van der Waals surface area contributed by atoms with E-state index in [9.17, 15) is 4.79 Å². The Morgan fingerprint density at radius 1 is 1.47 bits per heavy atom. The van der Waals surface area contributed by atoms with Gasteiger partial charge in [0.1, 0.15) is 17.2 Å². The van der Waals surface area contributed by atoms with Crippen LogP contribution in [0.1, 0.15) is 40.5 Å². The molecule has 4 nitrogen and oxygen atoms in total. The van der Waals surface area contributed by atoms with E-state index >= 15 is 0 Å². The van der Waals surface area contributed by atoms with Crippen LogP contribution in [0.25, 0.3) is 0 Å². The number of halogens is 1. The number of carbonyl (C=O) groups is 1. The Balaban J connectivity index is 2.15. The van der Waals surface area contributed by atoms with E-state index in [0.29, 0.717) is 10.2 Å². The van der Waals surface area contributed by atoms with Gasteiger partial charge in [-0.25, -0.2) is 4.98 Å². The number of pyridine rings is 1. The summed E-state index contributed by atoms with van der Waals surface area (Å²) in [6.07, 6.45) is 1.59. The second-order valence-corrected chi connectivity index (χ2v) is 5.25. The third kappa shape index (κ3) is 3.04. The largest absolute Gasteiger partial charge is 0.466 e. The molecule has 2 aromatic heterocycles. The summed E-state index contributed by atoms with van der Waals surface area (Å²) in [5.41, 5.74) is 1.37. The minimum Gasteiger partial charge on any atom is -0.466 e. The summed E-state index contributed by atoms with van der Waals surface area (Å²) in [4.78, 5) is 16.2. The maximum absolute atomic E-state index is 12.1. The van der Waals surface area contributed by atoms with Gasteiger partial charge < -0.3 is 9.73 Å². The molecule has 2 rings (SSSR count). The van der Waals surface area contributed by atoms with Gasteiger partial charge in [0.05, 0.1) is 6.04 Å². The molecule has 2 heterocycles. The molecule has 0 saturated carbocycles. The fourth-order valence-corrected chi connectivity index (χ4v) is 2.41. The van der Waals surface area contributed by atoms with Gasteiger partial charge >= 0.3 is 0 Å². The normalized spacial score (nSPS) is 12.2. The molecule has 2 aromatic rings. The second-order valence-electron chi connectivity index (χ2n) is 4.40. The topological polar surface area (TPSA) is 55.1 Å². The molecule has 0 aliphatic heterocycles. The monoisotopic (exact) mass is 322 g/mol. The van der Waals surface area contributed by atoms with Crippen LogP contribution in [-0.4, -0.2) is 10.9 Å². The molecule has 1 N–H and O–H groups in total. The van der Waals surface area contributed by atoms with Crippen LogP contribution in [0.2, 0.25) is 0 Å². The lowest BCUT2D eigenvalue weighted by atomic mass is 10.1. The SMILES string of the molecule is Cc1cc(C(C)NC(=O)c2ncccc2Br)c(C)o1. The van der Waals surface area contributed by atoms with Crippen molar-refractivity contribution in [3.63, 3.8) is 0 Å². The van der Waals surface area contributed by atoms with Crippen LogP contribution in [-0.2, 0) is 0 Å². The van der Waals surface area contributed by atoms with Gasteiger partial charge in [0.25, 0.3) is 5.91 Å². The molecular formula is C14H15BrN2O2. The Labute approximate surface area is 120 Å². The van der Waals surface area contributed by atoms with Gasteiger partial charge in [-0.05, 0) is 54.9 Å². The molecule has 0 bridgehead atoms. The summed E-state index contributed by atoms with van der Waals surface area (Å²) in [6.45, 7) is 5.70. The molecule has 1 atom stereocenters. The van der Waals surface area contributed by atoms with E-state index in [1.165, 1.54) is 0 Å². The van der Waals surface area contributed by atoms with Gasteiger partial charge in [-0.2, -0.15) is 0 Å². The molecule has 5 heteroatoms. The highest BCUT2D eigenvalue weighted by Crippen LogP contribution is 2.22. The Morgan fingerprint density at radius 3 is 2.79 bits per heavy atom. The summed E-state index contributed by atoms with van der Waals surface area (Å²) in [5, 5.41) is 2.92. The van der Waals surface area contributed by atoms with E-state index in [0.717, 1.165) is 17.1 Å². The zero-order valence-electron chi connectivity index (χ0n) is 11.0. The van der Waals surface area contributed by atoms with Gasteiger partial charge in [-0.3, -0.25) is 4.79 Å². The average Bonchev–Trinajstić information content (AvgIpc) is 2.69. The van der Waals surface area contributed by atoms with E-state index < -0.39 is 0 Å². The molecule has 0 aliphatic carbocycles. The summed E-state index contributed by atoms with van der Waals surface area (Å²) >= 11 is 3.32.